The van der Waals surface area contributed by atoms with Gasteiger partial charge >= 0.3 is 0 Å². The fraction of sp³-hybridized carbons (Fsp3) is 0.400. The van der Waals surface area contributed by atoms with E-state index >= 15 is 0 Å². The fourth-order valence-corrected chi connectivity index (χ4v) is 3.17. The Kier molecular flexibility index (Phi) is 5.45. The molecular weight excluding hydrogens is 300 g/mol. The van der Waals surface area contributed by atoms with Crippen LogP contribution in [-0.4, -0.2) is 13.4 Å². The highest BCUT2D eigenvalue weighted by Crippen LogP contribution is 2.37. The minimum absolute atomic E-state index is 0.181. The van der Waals surface area contributed by atoms with Crippen molar-refractivity contribution in [2.24, 2.45) is 0 Å². The normalized spacial score (nSPS) is 13.8. The number of aliphatic hydroxyl groups excluding tert-OH is 1. The van der Waals surface area contributed by atoms with Crippen LogP contribution in [0.5, 0.6) is 0 Å². The second kappa shape index (κ2) is 6.99. The van der Waals surface area contributed by atoms with Gasteiger partial charge in [-0.2, -0.15) is 0 Å². The first-order valence-corrected chi connectivity index (χ1v) is 11.1. The van der Waals surface area contributed by atoms with E-state index in [-0.39, 0.29) is 5.04 Å². The van der Waals surface area contributed by atoms with E-state index in [0.29, 0.717) is 6.61 Å². The molecule has 0 aliphatic carbocycles. The van der Waals surface area contributed by atoms with E-state index in [0.717, 1.165) is 16.7 Å². The van der Waals surface area contributed by atoms with Crippen molar-refractivity contribution in [2.75, 3.05) is 0 Å². The van der Waals surface area contributed by atoms with Gasteiger partial charge < -0.3 is 9.53 Å². The third-order valence-electron chi connectivity index (χ3n) is 4.86. The Bertz CT molecular complexity index is 630. The van der Waals surface area contributed by atoms with Crippen LogP contribution in [0.1, 0.15) is 43.6 Å². The predicted molar refractivity (Wildman–Crippen MR) is 98.9 cm³/mol. The van der Waals surface area contributed by atoms with Crippen LogP contribution < -0.4 is 0 Å². The summed E-state index contributed by atoms with van der Waals surface area (Å²) in [6.07, 6.45) is -0.615. The van der Waals surface area contributed by atoms with Crippen LogP contribution >= 0.6 is 0 Å². The van der Waals surface area contributed by atoms with Gasteiger partial charge in [0.05, 0.1) is 6.61 Å². The van der Waals surface area contributed by atoms with Gasteiger partial charge in [-0.15, -0.1) is 0 Å². The number of hydrogen-bond donors (Lipinski definition) is 1. The molecule has 0 saturated heterocycles. The molecule has 3 heteroatoms. The average Bonchev–Trinajstić information content (AvgIpc) is 2.52. The second-order valence-electron chi connectivity index (χ2n) is 7.56. The van der Waals surface area contributed by atoms with Crippen molar-refractivity contribution < 1.29 is 9.53 Å². The maximum Gasteiger partial charge on any atom is 0.192 e. The topological polar surface area (TPSA) is 29.5 Å². The molecule has 2 aromatic carbocycles. The molecule has 0 bridgehead atoms. The summed E-state index contributed by atoms with van der Waals surface area (Å²) in [5.74, 6) is 0. The molecule has 2 rings (SSSR count). The SMILES string of the molecule is CC(C)(C)[Si](C)(C)OCc1ccccc1[C@@H](O)c1ccccc1. The van der Waals surface area contributed by atoms with E-state index in [1.54, 1.807) is 0 Å². The molecule has 0 aliphatic rings. The molecule has 0 fully saturated rings. The number of aliphatic hydroxyl groups is 1. The number of benzene rings is 2. The molecule has 0 aromatic heterocycles. The van der Waals surface area contributed by atoms with Crippen LogP contribution in [0.15, 0.2) is 54.6 Å². The quantitative estimate of drug-likeness (QED) is 0.756. The lowest BCUT2D eigenvalue weighted by Crippen LogP contribution is -2.40. The van der Waals surface area contributed by atoms with Crippen molar-refractivity contribution in [1.29, 1.82) is 0 Å². The molecular formula is C20H28O2Si. The summed E-state index contributed by atoms with van der Waals surface area (Å²) in [6, 6.07) is 17.8. The molecule has 0 spiro atoms. The number of rotatable bonds is 5. The summed E-state index contributed by atoms with van der Waals surface area (Å²) in [5.41, 5.74) is 2.90. The minimum atomic E-state index is -1.81. The summed E-state index contributed by atoms with van der Waals surface area (Å²) in [6.45, 7) is 11.8. The Hall–Kier alpha value is -1.42. The second-order valence-corrected chi connectivity index (χ2v) is 12.4. The molecule has 0 amide bonds. The van der Waals surface area contributed by atoms with Crippen LogP contribution in [0.25, 0.3) is 0 Å². The molecule has 0 unspecified atom stereocenters. The van der Waals surface area contributed by atoms with Gasteiger partial charge in [-0.3, -0.25) is 0 Å². The molecule has 124 valence electrons. The molecule has 0 radical (unpaired) electrons. The van der Waals surface area contributed by atoms with Gasteiger partial charge in [0.25, 0.3) is 0 Å². The maximum absolute atomic E-state index is 10.7. The van der Waals surface area contributed by atoms with Crippen molar-refractivity contribution in [3.8, 4) is 0 Å². The van der Waals surface area contributed by atoms with Gasteiger partial charge in [0.15, 0.2) is 8.32 Å². The molecule has 2 nitrogen and oxygen atoms in total. The van der Waals surface area contributed by atoms with Crippen LogP contribution in [0.4, 0.5) is 0 Å². The van der Waals surface area contributed by atoms with Crippen molar-refractivity contribution in [1.82, 2.24) is 0 Å². The monoisotopic (exact) mass is 328 g/mol. The first kappa shape index (κ1) is 17.9. The summed E-state index contributed by atoms with van der Waals surface area (Å²) >= 11 is 0. The molecule has 2 aromatic rings. The summed E-state index contributed by atoms with van der Waals surface area (Å²) < 4.78 is 6.33. The molecule has 0 aliphatic heterocycles. The zero-order chi connectivity index (χ0) is 17.1. The van der Waals surface area contributed by atoms with E-state index in [4.69, 9.17) is 4.43 Å². The highest BCUT2D eigenvalue weighted by Gasteiger charge is 2.37. The fourth-order valence-electron chi connectivity index (χ4n) is 2.22. The molecule has 1 N–H and O–H groups in total. The van der Waals surface area contributed by atoms with Crippen LogP contribution in [0, 0.1) is 0 Å². The minimum Gasteiger partial charge on any atom is -0.413 e. The van der Waals surface area contributed by atoms with Gasteiger partial charge in [-0.1, -0.05) is 75.4 Å². The van der Waals surface area contributed by atoms with Gasteiger partial charge in [0, 0.05) is 0 Å². The van der Waals surface area contributed by atoms with Gasteiger partial charge in [0.1, 0.15) is 6.10 Å². The van der Waals surface area contributed by atoms with Gasteiger partial charge in [0.2, 0.25) is 0 Å². The summed E-state index contributed by atoms with van der Waals surface area (Å²) in [7, 11) is -1.81. The average molecular weight is 329 g/mol. The summed E-state index contributed by atoms with van der Waals surface area (Å²) in [4.78, 5) is 0. The molecule has 23 heavy (non-hydrogen) atoms. The smallest absolute Gasteiger partial charge is 0.192 e. The first-order valence-electron chi connectivity index (χ1n) is 8.17. The molecule has 0 heterocycles. The Morgan fingerprint density at radius 3 is 2.13 bits per heavy atom. The van der Waals surface area contributed by atoms with Crippen molar-refractivity contribution >= 4 is 8.32 Å². The third kappa shape index (κ3) is 4.31. The van der Waals surface area contributed by atoms with Crippen molar-refractivity contribution in [3.63, 3.8) is 0 Å². The molecule has 1 atom stereocenters. The Labute approximate surface area is 141 Å². The highest BCUT2D eigenvalue weighted by molar-refractivity contribution is 6.74. The zero-order valence-electron chi connectivity index (χ0n) is 14.8. The lowest BCUT2D eigenvalue weighted by molar-refractivity contribution is 0.213. The van der Waals surface area contributed by atoms with Crippen LogP contribution in [0.3, 0.4) is 0 Å². The van der Waals surface area contributed by atoms with Gasteiger partial charge in [-0.25, -0.2) is 0 Å². The van der Waals surface area contributed by atoms with E-state index < -0.39 is 14.4 Å². The zero-order valence-corrected chi connectivity index (χ0v) is 15.8. The highest BCUT2D eigenvalue weighted by atomic mass is 28.4. The van der Waals surface area contributed by atoms with E-state index in [9.17, 15) is 5.11 Å². The standard InChI is InChI=1S/C20H28O2Si/c1-20(2,3)23(4,5)22-15-17-13-9-10-14-18(17)19(21)16-11-7-6-8-12-16/h6-14,19,21H,15H2,1-5H3/t19-/m0/s1. The Morgan fingerprint density at radius 2 is 1.52 bits per heavy atom. The summed E-state index contributed by atoms with van der Waals surface area (Å²) in [5, 5.41) is 10.9. The first-order chi connectivity index (χ1) is 10.7. The van der Waals surface area contributed by atoms with E-state index in [1.807, 2.05) is 48.5 Å². The molecule has 0 saturated carbocycles. The largest absolute Gasteiger partial charge is 0.413 e. The lowest BCUT2D eigenvalue weighted by Gasteiger charge is -2.36. The lowest BCUT2D eigenvalue weighted by atomic mass is 9.97. The Balaban J connectivity index is 2.22. The van der Waals surface area contributed by atoms with Gasteiger partial charge in [-0.05, 0) is 34.8 Å². The predicted octanol–water partition coefficient (Wildman–Crippen LogP) is 5.29. The van der Waals surface area contributed by atoms with Crippen LogP contribution in [-0.2, 0) is 11.0 Å². The third-order valence-corrected chi connectivity index (χ3v) is 9.34. The van der Waals surface area contributed by atoms with E-state index in [2.05, 4.69) is 39.9 Å². The van der Waals surface area contributed by atoms with Crippen molar-refractivity contribution in [3.05, 3.63) is 71.3 Å². The maximum atomic E-state index is 10.7. The van der Waals surface area contributed by atoms with Crippen molar-refractivity contribution in [2.45, 2.75) is 51.6 Å². The number of hydrogen-bond acceptors (Lipinski definition) is 2. The van der Waals surface area contributed by atoms with E-state index in [1.165, 1.54) is 0 Å². The Morgan fingerprint density at radius 1 is 0.957 bits per heavy atom. The van der Waals surface area contributed by atoms with Crippen LogP contribution in [0.2, 0.25) is 18.1 Å².